The highest BCUT2D eigenvalue weighted by Gasteiger charge is 2.19. The minimum Gasteiger partial charge on any atom is -0.497 e. The largest absolute Gasteiger partial charge is 0.497 e. The molecule has 1 heterocycles. The van der Waals surface area contributed by atoms with Gasteiger partial charge in [-0.2, -0.15) is 0 Å². The number of hydrogen-bond donors (Lipinski definition) is 0. The maximum Gasteiger partial charge on any atom is 0.196 e. The lowest BCUT2D eigenvalue weighted by molar-refractivity contribution is 0.394. The molecule has 0 fully saturated rings. The average Bonchev–Trinajstić information content (AvgIpc) is 3.28. The molecular weight excluding hydrogens is 448 g/mol. The second-order valence-corrected chi connectivity index (χ2v) is 7.91. The minimum atomic E-state index is -0.493. The van der Waals surface area contributed by atoms with Crippen molar-refractivity contribution < 1.29 is 23.0 Å². The van der Waals surface area contributed by atoms with Crippen LogP contribution in [0.25, 0.3) is 17.1 Å². The van der Waals surface area contributed by atoms with E-state index in [-0.39, 0.29) is 11.3 Å². The lowest BCUT2D eigenvalue weighted by atomic mass is 10.1. The third-order valence-electron chi connectivity index (χ3n) is 4.94. The standard InChI is InChI=1S/C24H21F2N3O3S/c1-30-19-7-5-18(6-8-19)29-23(15-11-20(31-2)13-21(12-15)32-3)27-28-24(29)33-14-16-10-17(25)4-9-22(16)26/h4-13H,14H2,1-3H3. The first-order chi connectivity index (χ1) is 16.0. The first kappa shape index (κ1) is 22.6. The molecule has 0 spiro atoms. The maximum atomic E-state index is 14.2. The molecule has 0 N–H and O–H groups in total. The molecule has 33 heavy (non-hydrogen) atoms. The maximum absolute atomic E-state index is 14.2. The molecule has 0 aliphatic carbocycles. The van der Waals surface area contributed by atoms with Crippen molar-refractivity contribution in [3.05, 3.63) is 77.9 Å². The summed E-state index contributed by atoms with van der Waals surface area (Å²) in [4.78, 5) is 0. The zero-order valence-electron chi connectivity index (χ0n) is 18.2. The van der Waals surface area contributed by atoms with Gasteiger partial charge in [-0.1, -0.05) is 11.8 Å². The second-order valence-electron chi connectivity index (χ2n) is 6.97. The number of halogens is 2. The van der Waals surface area contributed by atoms with E-state index in [1.807, 2.05) is 41.0 Å². The Labute approximate surface area is 194 Å². The summed E-state index contributed by atoms with van der Waals surface area (Å²) in [5.41, 5.74) is 1.74. The van der Waals surface area contributed by atoms with Gasteiger partial charge >= 0.3 is 0 Å². The Hall–Kier alpha value is -3.59. The van der Waals surface area contributed by atoms with Crippen molar-refractivity contribution in [1.82, 2.24) is 14.8 Å². The van der Waals surface area contributed by atoms with Gasteiger partial charge in [-0.05, 0) is 54.6 Å². The summed E-state index contributed by atoms with van der Waals surface area (Å²) in [5.74, 6) is 1.66. The first-order valence-corrected chi connectivity index (χ1v) is 10.9. The van der Waals surface area contributed by atoms with Gasteiger partial charge in [0.2, 0.25) is 0 Å². The molecule has 0 saturated heterocycles. The lowest BCUT2D eigenvalue weighted by Crippen LogP contribution is -2.01. The van der Waals surface area contributed by atoms with Crippen LogP contribution in [0.4, 0.5) is 8.78 Å². The van der Waals surface area contributed by atoms with E-state index in [9.17, 15) is 8.78 Å². The van der Waals surface area contributed by atoms with Gasteiger partial charge in [-0.15, -0.1) is 10.2 Å². The van der Waals surface area contributed by atoms with Gasteiger partial charge in [0.15, 0.2) is 11.0 Å². The van der Waals surface area contributed by atoms with Crippen molar-refractivity contribution in [3.63, 3.8) is 0 Å². The molecule has 3 aromatic carbocycles. The highest BCUT2D eigenvalue weighted by molar-refractivity contribution is 7.98. The van der Waals surface area contributed by atoms with E-state index in [0.29, 0.717) is 28.2 Å². The van der Waals surface area contributed by atoms with Crippen LogP contribution in [0, 0.1) is 11.6 Å². The molecule has 0 aliphatic heterocycles. The van der Waals surface area contributed by atoms with Gasteiger partial charge < -0.3 is 14.2 Å². The normalized spacial score (nSPS) is 10.8. The highest BCUT2D eigenvalue weighted by Crippen LogP contribution is 2.34. The highest BCUT2D eigenvalue weighted by atomic mass is 32.2. The fraction of sp³-hybridized carbons (Fsp3) is 0.167. The predicted octanol–water partition coefficient (Wildman–Crippen LogP) is 5.53. The smallest absolute Gasteiger partial charge is 0.196 e. The van der Waals surface area contributed by atoms with Crippen LogP contribution in [-0.2, 0) is 5.75 Å². The van der Waals surface area contributed by atoms with E-state index in [2.05, 4.69) is 10.2 Å². The van der Waals surface area contributed by atoms with Crippen LogP contribution in [0.1, 0.15) is 5.56 Å². The predicted molar refractivity (Wildman–Crippen MR) is 122 cm³/mol. The molecule has 4 rings (SSSR count). The van der Waals surface area contributed by atoms with E-state index < -0.39 is 11.6 Å². The Bertz CT molecular complexity index is 1240. The van der Waals surface area contributed by atoms with Gasteiger partial charge in [0.25, 0.3) is 0 Å². The van der Waals surface area contributed by atoms with E-state index in [1.165, 1.54) is 17.8 Å². The van der Waals surface area contributed by atoms with Crippen LogP contribution in [0.5, 0.6) is 17.2 Å². The zero-order chi connectivity index (χ0) is 23.4. The van der Waals surface area contributed by atoms with Crippen LogP contribution in [0.3, 0.4) is 0 Å². The number of hydrogen-bond acceptors (Lipinski definition) is 6. The molecule has 0 atom stereocenters. The van der Waals surface area contributed by atoms with Gasteiger partial charge in [0.1, 0.15) is 28.9 Å². The van der Waals surface area contributed by atoms with Crippen molar-refractivity contribution in [2.45, 2.75) is 10.9 Å². The van der Waals surface area contributed by atoms with Crippen molar-refractivity contribution in [2.75, 3.05) is 21.3 Å². The number of nitrogens with zero attached hydrogens (tertiary/aromatic N) is 3. The molecule has 0 saturated carbocycles. The summed E-state index contributed by atoms with van der Waals surface area (Å²) >= 11 is 1.25. The summed E-state index contributed by atoms with van der Waals surface area (Å²) in [5, 5.41) is 9.24. The van der Waals surface area contributed by atoms with Gasteiger partial charge in [-0.3, -0.25) is 4.57 Å². The van der Waals surface area contributed by atoms with Crippen molar-refractivity contribution in [3.8, 4) is 34.3 Å². The quantitative estimate of drug-likeness (QED) is 0.316. The van der Waals surface area contributed by atoms with Gasteiger partial charge in [0, 0.05) is 28.6 Å². The van der Waals surface area contributed by atoms with Crippen molar-refractivity contribution >= 4 is 11.8 Å². The molecule has 170 valence electrons. The fourth-order valence-corrected chi connectivity index (χ4v) is 4.17. The number of ether oxygens (including phenoxy) is 3. The Morgan fingerprint density at radius 3 is 2.09 bits per heavy atom. The van der Waals surface area contributed by atoms with Crippen LogP contribution >= 0.6 is 11.8 Å². The Morgan fingerprint density at radius 1 is 0.788 bits per heavy atom. The Morgan fingerprint density at radius 2 is 1.45 bits per heavy atom. The lowest BCUT2D eigenvalue weighted by Gasteiger charge is -2.13. The molecule has 9 heteroatoms. The summed E-state index contributed by atoms with van der Waals surface area (Å²) in [6.45, 7) is 0. The van der Waals surface area contributed by atoms with E-state index in [0.717, 1.165) is 23.4 Å². The summed E-state index contributed by atoms with van der Waals surface area (Å²) in [7, 11) is 4.74. The van der Waals surface area contributed by atoms with Crippen molar-refractivity contribution in [2.24, 2.45) is 0 Å². The minimum absolute atomic E-state index is 0.180. The van der Waals surface area contributed by atoms with Crippen LogP contribution < -0.4 is 14.2 Å². The van der Waals surface area contributed by atoms with E-state index >= 15 is 0 Å². The number of benzene rings is 3. The summed E-state index contributed by atoms with van der Waals surface area (Å²) < 4.78 is 45.7. The van der Waals surface area contributed by atoms with E-state index in [4.69, 9.17) is 14.2 Å². The Kier molecular flexibility index (Phi) is 6.79. The second kappa shape index (κ2) is 9.91. The molecule has 0 amide bonds. The number of rotatable bonds is 8. The number of thioether (sulfide) groups is 1. The molecule has 0 unspecified atom stereocenters. The van der Waals surface area contributed by atoms with E-state index in [1.54, 1.807) is 27.4 Å². The van der Waals surface area contributed by atoms with Crippen LogP contribution in [0.15, 0.2) is 65.8 Å². The molecule has 0 bridgehead atoms. The van der Waals surface area contributed by atoms with Gasteiger partial charge in [0.05, 0.1) is 21.3 Å². The van der Waals surface area contributed by atoms with Crippen LogP contribution in [-0.4, -0.2) is 36.1 Å². The third-order valence-corrected chi connectivity index (χ3v) is 5.92. The molecule has 0 aliphatic rings. The summed E-state index contributed by atoms with van der Waals surface area (Å²) in [6, 6.07) is 16.2. The molecule has 6 nitrogen and oxygen atoms in total. The zero-order valence-corrected chi connectivity index (χ0v) is 19.0. The van der Waals surface area contributed by atoms with Crippen molar-refractivity contribution in [1.29, 1.82) is 0 Å². The number of methoxy groups -OCH3 is 3. The summed E-state index contributed by atoms with van der Waals surface area (Å²) in [6.07, 6.45) is 0. The average molecular weight is 470 g/mol. The first-order valence-electron chi connectivity index (χ1n) is 9.92. The fourth-order valence-electron chi connectivity index (χ4n) is 3.25. The molecule has 4 aromatic rings. The SMILES string of the molecule is COc1ccc(-n2c(SCc3cc(F)ccc3F)nnc2-c2cc(OC)cc(OC)c2)cc1. The molecule has 1 aromatic heterocycles. The van der Waals surface area contributed by atoms with Crippen LogP contribution in [0.2, 0.25) is 0 Å². The Balaban J connectivity index is 1.79. The molecule has 0 radical (unpaired) electrons. The topological polar surface area (TPSA) is 58.4 Å². The monoisotopic (exact) mass is 469 g/mol. The number of aromatic nitrogens is 3. The third kappa shape index (κ3) is 4.93. The molecular formula is C24H21F2N3O3S. The van der Waals surface area contributed by atoms with Gasteiger partial charge in [-0.25, -0.2) is 8.78 Å².